The third-order valence-corrected chi connectivity index (χ3v) is 5.65. The van der Waals surface area contributed by atoms with Crippen LogP contribution in [0.5, 0.6) is 11.5 Å². The first kappa shape index (κ1) is 25.9. The highest BCUT2D eigenvalue weighted by Gasteiger charge is 2.35. The van der Waals surface area contributed by atoms with Gasteiger partial charge in [0.1, 0.15) is 5.69 Å². The number of aromatic nitrogens is 2. The monoisotopic (exact) mass is 489 g/mol. The summed E-state index contributed by atoms with van der Waals surface area (Å²) in [4.78, 5) is 23.3. The highest BCUT2D eigenvalue weighted by atomic mass is 32.2. The largest absolute Gasteiger partial charge is 0.493 e. The minimum absolute atomic E-state index is 0.159. The van der Waals surface area contributed by atoms with Crippen LogP contribution in [0.15, 0.2) is 41.7 Å². The van der Waals surface area contributed by atoms with Gasteiger partial charge in [0.15, 0.2) is 11.5 Å². The number of allylic oxidation sites excluding steroid dienone is 1. The molecule has 9 nitrogen and oxygen atoms in total. The zero-order valence-electron chi connectivity index (χ0n) is 18.0. The normalized spacial score (nSPS) is 11.6. The molecule has 0 saturated carbocycles. The second kappa shape index (κ2) is 10.5. The van der Waals surface area contributed by atoms with E-state index in [0.717, 1.165) is 0 Å². The van der Waals surface area contributed by atoms with Gasteiger partial charge in [-0.3, -0.25) is 0 Å². The summed E-state index contributed by atoms with van der Waals surface area (Å²) in [6.07, 6.45) is -5.44. The first-order valence-electron chi connectivity index (χ1n) is 9.40. The average Bonchev–Trinajstić information content (AvgIpc) is 2.76. The molecule has 180 valence electrons. The summed E-state index contributed by atoms with van der Waals surface area (Å²) in [5.41, 5.74) is 1.04. The molecule has 0 aliphatic carbocycles. The first-order chi connectivity index (χ1) is 15.4. The van der Waals surface area contributed by atoms with Crippen molar-refractivity contribution in [3.05, 3.63) is 42.2 Å². The van der Waals surface area contributed by atoms with Gasteiger partial charge in [-0.15, -0.1) is 0 Å². The Balaban J connectivity index is 2.37. The minimum atomic E-state index is -4.92. The van der Waals surface area contributed by atoms with Gasteiger partial charge in [0.05, 0.1) is 25.7 Å². The van der Waals surface area contributed by atoms with Gasteiger partial charge in [0, 0.05) is 17.7 Å². The zero-order valence-corrected chi connectivity index (χ0v) is 18.8. The molecule has 1 aromatic heterocycles. The lowest BCUT2D eigenvalue weighted by Crippen LogP contribution is -2.19. The molecule has 0 radical (unpaired) electrons. The van der Waals surface area contributed by atoms with E-state index < -0.39 is 38.6 Å². The second-order valence-electron chi connectivity index (χ2n) is 6.77. The fraction of sp³-hybridized carbons (Fsp3) is 0.350. The molecule has 1 N–H and O–H groups in total. The summed E-state index contributed by atoms with van der Waals surface area (Å²) >= 11 is 0. The number of sulfone groups is 1. The molecule has 0 aliphatic rings. The van der Waals surface area contributed by atoms with Crippen LogP contribution in [0.25, 0.3) is 11.3 Å². The highest BCUT2D eigenvalue weighted by molar-refractivity contribution is 7.91. The zero-order chi connectivity index (χ0) is 24.8. The van der Waals surface area contributed by atoms with Gasteiger partial charge in [-0.2, -0.15) is 13.2 Å². The topological polar surface area (TPSA) is 117 Å². The Labute approximate surface area is 188 Å². The van der Waals surface area contributed by atoms with E-state index in [1.807, 2.05) is 0 Å². The van der Waals surface area contributed by atoms with E-state index in [-0.39, 0.29) is 29.8 Å². The third kappa shape index (κ3) is 7.07. The number of nitrogens with zero attached hydrogens (tertiary/aromatic N) is 2. The summed E-state index contributed by atoms with van der Waals surface area (Å²) in [5, 5.41) is -1.00. The number of benzene rings is 1. The van der Waals surface area contributed by atoms with Crippen molar-refractivity contribution in [2.75, 3.05) is 20.0 Å². The fourth-order valence-corrected chi connectivity index (χ4v) is 3.73. The number of alkyl halides is 3. The first-order valence-corrected chi connectivity index (χ1v) is 11.0. The Morgan fingerprint density at radius 3 is 2.36 bits per heavy atom. The number of carbonyl (C=O) groups is 1. The van der Waals surface area contributed by atoms with Crippen molar-refractivity contribution in [1.29, 1.82) is 0 Å². The van der Waals surface area contributed by atoms with Crippen molar-refractivity contribution in [2.45, 2.75) is 31.1 Å². The Morgan fingerprint density at radius 2 is 1.79 bits per heavy atom. The van der Waals surface area contributed by atoms with Crippen molar-refractivity contribution in [1.82, 2.24) is 15.4 Å². The third-order valence-electron chi connectivity index (χ3n) is 4.09. The molecule has 13 heteroatoms. The van der Waals surface area contributed by atoms with Crippen LogP contribution >= 0.6 is 0 Å². The van der Waals surface area contributed by atoms with Crippen LogP contribution in [0.2, 0.25) is 0 Å². The van der Waals surface area contributed by atoms with Crippen LogP contribution in [-0.4, -0.2) is 44.3 Å². The van der Waals surface area contributed by atoms with Gasteiger partial charge in [0.2, 0.25) is 15.0 Å². The molecule has 0 saturated heterocycles. The molecule has 0 spiro atoms. The molecule has 0 unspecified atom stereocenters. The summed E-state index contributed by atoms with van der Waals surface area (Å²) in [7, 11) is -1.62. The van der Waals surface area contributed by atoms with E-state index in [1.165, 1.54) is 32.4 Å². The number of ether oxygens (including phenoxy) is 2. The van der Waals surface area contributed by atoms with Crippen LogP contribution in [-0.2, 0) is 25.6 Å². The average molecular weight is 489 g/mol. The van der Waals surface area contributed by atoms with Gasteiger partial charge in [-0.25, -0.2) is 28.7 Å². The lowest BCUT2D eigenvalue weighted by molar-refractivity contribution is -0.149. The lowest BCUT2D eigenvalue weighted by atomic mass is 10.1. The predicted octanol–water partition coefficient (Wildman–Crippen LogP) is 3.31. The van der Waals surface area contributed by atoms with Crippen molar-refractivity contribution < 1.29 is 40.7 Å². The molecule has 0 fully saturated rings. The number of rotatable bonds is 10. The Hall–Kier alpha value is -3.35. The molecule has 1 heterocycles. The van der Waals surface area contributed by atoms with E-state index >= 15 is 0 Å². The molecule has 2 rings (SSSR count). The van der Waals surface area contributed by atoms with E-state index in [9.17, 15) is 26.4 Å². The van der Waals surface area contributed by atoms with Gasteiger partial charge in [-0.1, -0.05) is 6.58 Å². The number of hydrogen-bond acceptors (Lipinski definition) is 9. The van der Waals surface area contributed by atoms with Gasteiger partial charge in [0.25, 0.3) is 0 Å². The van der Waals surface area contributed by atoms with Crippen LogP contribution in [0.3, 0.4) is 0 Å². The van der Waals surface area contributed by atoms with E-state index in [2.05, 4.69) is 26.9 Å². The van der Waals surface area contributed by atoms with Gasteiger partial charge in [-0.05, 0) is 37.6 Å². The molecule has 0 bridgehead atoms. The minimum Gasteiger partial charge on any atom is -0.493 e. The molecule has 33 heavy (non-hydrogen) atoms. The molecular formula is C20H22F3N3O6S. The lowest BCUT2D eigenvalue weighted by Gasteiger charge is -2.13. The Morgan fingerprint density at radius 1 is 1.12 bits per heavy atom. The van der Waals surface area contributed by atoms with Crippen LogP contribution in [0.1, 0.15) is 25.5 Å². The van der Waals surface area contributed by atoms with Gasteiger partial charge < -0.3 is 14.3 Å². The Kier molecular flexibility index (Phi) is 8.25. The Bertz CT molecular complexity index is 1140. The molecule has 1 aromatic carbocycles. The smallest absolute Gasteiger partial charge is 0.433 e. The van der Waals surface area contributed by atoms with Crippen LogP contribution in [0.4, 0.5) is 13.2 Å². The van der Waals surface area contributed by atoms with Crippen molar-refractivity contribution in [3.8, 4) is 22.8 Å². The van der Waals surface area contributed by atoms with Crippen LogP contribution < -0.4 is 15.0 Å². The summed E-state index contributed by atoms with van der Waals surface area (Å²) in [6.45, 7) is 5.00. The second-order valence-corrected chi connectivity index (χ2v) is 8.77. The van der Waals surface area contributed by atoms with E-state index in [0.29, 0.717) is 17.5 Å². The van der Waals surface area contributed by atoms with E-state index in [4.69, 9.17) is 9.47 Å². The SMILES string of the molecule is C=C(C)NOC(=O)CCCS(=O)(=O)c1nc(-c2ccc(OC)c(OC)c2)cc(C(F)(F)F)n1. The van der Waals surface area contributed by atoms with Crippen molar-refractivity contribution in [3.63, 3.8) is 0 Å². The highest BCUT2D eigenvalue weighted by Crippen LogP contribution is 2.35. The van der Waals surface area contributed by atoms with Gasteiger partial charge >= 0.3 is 12.1 Å². The van der Waals surface area contributed by atoms with Crippen molar-refractivity contribution >= 4 is 15.8 Å². The summed E-state index contributed by atoms with van der Waals surface area (Å²) in [6, 6.07) is 4.86. The standard InChI is InChI=1S/C20H22F3N3O6S/c1-12(2)26-32-18(27)6-5-9-33(28,29)19-24-14(11-17(25-19)20(21,22)23)13-7-8-15(30-3)16(10-13)31-4/h7-8,10-11,26H,1,5-6,9H2,2-4H3. The molecule has 0 aliphatic heterocycles. The van der Waals surface area contributed by atoms with Crippen molar-refractivity contribution in [2.24, 2.45) is 0 Å². The van der Waals surface area contributed by atoms with Crippen LogP contribution in [0, 0.1) is 0 Å². The molecular weight excluding hydrogens is 467 g/mol. The maximum Gasteiger partial charge on any atom is 0.433 e. The number of hydroxylamine groups is 1. The number of nitrogens with one attached hydrogen (secondary N) is 1. The summed E-state index contributed by atoms with van der Waals surface area (Å²) in [5.74, 6) is -0.883. The molecule has 0 atom stereocenters. The number of halogens is 3. The maximum absolute atomic E-state index is 13.4. The van der Waals surface area contributed by atoms with E-state index in [1.54, 1.807) is 6.92 Å². The number of carbonyl (C=O) groups excluding carboxylic acids is 1. The molecule has 0 amide bonds. The predicted molar refractivity (Wildman–Crippen MR) is 111 cm³/mol. The molecule has 2 aromatic rings. The fourth-order valence-electron chi connectivity index (χ4n) is 2.55. The maximum atomic E-state index is 13.4. The number of hydrogen-bond donors (Lipinski definition) is 1. The quantitative estimate of drug-likeness (QED) is 0.396. The summed E-state index contributed by atoms with van der Waals surface area (Å²) < 4.78 is 75.8. The number of methoxy groups -OCH3 is 2.